The van der Waals surface area contributed by atoms with E-state index in [1.165, 1.54) is 6.33 Å². The molecule has 1 aromatic heterocycles. The summed E-state index contributed by atoms with van der Waals surface area (Å²) in [6, 6.07) is 0. The van der Waals surface area contributed by atoms with Crippen LogP contribution in [-0.4, -0.2) is 10.1 Å². The second kappa shape index (κ2) is 2.24. The molecule has 0 amide bonds. The van der Waals surface area contributed by atoms with Gasteiger partial charge in [0.2, 0.25) is 5.89 Å². The van der Waals surface area contributed by atoms with Crippen molar-refractivity contribution in [2.24, 2.45) is 0 Å². The normalized spacial score (nSPS) is 11.9. The van der Waals surface area contributed by atoms with E-state index in [1.807, 2.05) is 13.8 Å². The Bertz CT molecular complexity index is 177. The molecule has 0 saturated heterocycles. The van der Waals surface area contributed by atoms with Crippen LogP contribution in [0.25, 0.3) is 0 Å². The average molecular weight is 238 g/mol. The Kier molecular flexibility index (Phi) is 1.74. The molecule has 0 unspecified atom stereocenters. The lowest BCUT2D eigenvalue weighted by atomic mass is 10.2. The van der Waals surface area contributed by atoms with Gasteiger partial charge in [0.15, 0.2) is 6.33 Å². The minimum Gasteiger partial charge on any atom is -0.338 e. The fourth-order valence-electron chi connectivity index (χ4n) is 0.435. The van der Waals surface area contributed by atoms with Gasteiger partial charge in [0.05, 0.1) is 3.42 Å². The summed E-state index contributed by atoms with van der Waals surface area (Å²) in [6.45, 7) is 4.03. The van der Waals surface area contributed by atoms with E-state index < -0.39 is 0 Å². The maximum atomic E-state index is 4.83. The van der Waals surface area contributed by atoms with Gasteiger partial charge >= 0.3 is 0 Å². The van der Waals surface area contributed by atoms with E-state index in [1.54, 1.807) is 0 Å². The highest BCUT2D eigenvalue weighted by Crippen LogP contribution is 2.27. The summed E-state index contributed by atoms with van der Waals surface area (Å²) < 4.78 is 4.78. The van der Waals surface area contributed by atoms with Gasteiger partial charge < -0.3 is 4.52 Å². The zero-order chi connectivity index (χ0) is 6.91. The molecule has 0 radical (unpaired) electrons. The average Bonchev–Trinajstić information content (AvgIpc) is 2.08. The van der Waals surface area contributed by atoms with Crippen LogP contribution in [0.2, 0.25) is 0 Å². The molecular weight excluding hydrogens is 231 g/mol. The van der Waals surface area contributed by atoms with Crippen molar-refractivity contribution in [1.82, 2.24) is 10.1 Å². The van der Waals surface area contributed by atoms with E-state index >= 15 is 0 Å². The molecule has 0 aliphatic rings. The van der Waals surface area contributed by atoms with Crippen molar-refractivity contribution in [2.75, 3.05) is 0 Å². The first-order valence-electron chi connectivity index (χ1n) is 2.57. The summed E-state index contributed by atoms with van der Waals surface area (Å²) in [5.41, 5.74) is 0. The van der Waals surface area contributed by atoms with E-state index in [2.05, 4.69) is 32.7 Å². The Labute approximate surface area is 67.0 Å². The van der Waals surface area contributed by atoms with Gasteiger partial charge in [-0.15, -0.1) is 0 Å². The Hall–Kier alpha value is -0.130. The Balaban J connectivity index is 2.90. The number of halogens is 1. The first-order valence-corrected chi connectivity index (χ1v) is 3.64. The number of hydrogen-bond donors (Lipinski definition) is 0. The fraction of sp³-hybridized carbons (Fsp3) is 0.600. The van der Waals surface area contributed by atoms with E-state index in [-0.39, 0.29) is 3.42 Å². The third kappa shape index (κ3) is 1.64. The quantitative estimate of drug-likeness (QED) is 0.552. The zero-order valence-corrected chi connectivity index (χ0v) is 7.42. The molecule has 0 aliphatic carbocycles. The molecule has 0 spiro atoms. The summed E-state index contributed by atoms with van der Waals surface area (Å²) in [7, 11) is 0. The number of nitrogens with zero attached hydrogens (tertiary/aromatic N) is 2. The van der Waals surface area contributed by atoms with E-state index in [0.29, 0.717) is 5.89 Å². The number of aromatic nitrogens is 2. The third-order valence-electron chi connectivity index (χ3n) is 0.870. The molecule has 1 heterocycles. The van der Waals surface area contributed by atoms with Crippen molar-refractivity contribution in [3.63, 3.8) is 0 Å². The molecule has 3 nitrogen and oxygen atoms in total. The molecule has 0 atom stereocenters. The zero-order valence-electron chi connectivity index (χ0n) is 5.26. The maximum Gasteiger partial charge on any atom is 0.241 e. The molecule has 0 bridgehead atoms. The standard InChI is InChI=1S/C5H7IN2O/c1-5(2,6)4-7-3-8-9-4/h3H,1-2H3. The predicted octanol–water partition coefficient (Wildman–Crippen LogP) is 1.74. The lowest BCUT2D eigenvalue weighted by Crippen LogP contribution is -2.05. The first-order chi connectivity index (χ1) is 4.11. The molecule has 4 heteroatoms. The topological polar surface area (TPSA) is 38.9 Å². The van der Waals surface area contributed by atoms with Gasteiger partial charge in [0, 0.05) is 0 Å². The van der Waals surface area contributed by atoms with Crippen LogP contribution in [0.3, 0.4) is 0 Å². The highest BCUT2D eigenvalue weighted by atomic mass is 127. The minimum atomic E-state index is -0.0474. The van der Waals surface area contributed by atoms with Crippen molar-refractivity contribution in [1.29, 1.82) is 0 Å². The van der Waals surface area contributed by atoms with Gasteiger partial charge in [0.25, 0.3) is 0 Å². The van der Waals surface area contributed by atoms with Gasteiger partial charge in [-0.05, 0) is 13.8 Å². The summed E-state index contributed by atoms with van der Waals surface area (Å²) in [5.74, 6) is 0.670. The largest absolute Gasteiger partial charge is 0.338 e. The molecule has 0 saturated carbocycles. The second-order valence-corrected chi connectivity index (χ2v) is 4.92. The number of rotatable bonds is 1. The van der Waals surface area contributed by atoms with Crippen LogP contribution in [0.5, 0.6) is 0 Å². The van der Waals surface area contributed by atoms with Gasteiger partial charge in [0.1, 0.15) is 0 Å². The number of alkyl halides is 1. The summed E-state index contributed by atoms with van der Waals surface area (Å²) >= 11 is 2.24. The van der Waals surface area contributed by atoms with Crippen LogP contribution < -0.4 is 0 Å². The van der Waals surface area contributed by atoms with E-state index in [0.717, 1.165) is 0 Å². The van der Waals surface area contributed by atoms with Gasteiger partial charge in [-0.3, -0.25) is 0 Å². The van der Waals surface area contributed by atoms with E-state index in [9.17, 15) is 0 Å². The molecule has 1 aromatic rings. The molecule has 0 aliphatic heterocycles. The lowest BCUT2D eigenvalue weighted by molar-refractivity contribution is 0.359. The van der Waals surface area contributed by atoms with Crippen LogP contribution in [0.15, 0.2) is 10.9 Å². The van der Waals surface area contributed by atoms with Crippen LogP contribution in [0, 0.1) is 0 Å². The fourth-order valence-corrected chi connectivity index (χ4v) is 0.673. The van der Waals surface area contributed by atoms with Crippen molar-refractivity contribution in [2.45, 2.75) is 17.3 Å². The SMILES string of the molecule is CC(C)(I)c1ncno1. The first kappa shape index (κ1) is 6.98. The summed E-state index contributed by atoms with van der Waals surface area (Å²) in [4.78, 5) is 3.90. The van der Waals surface area contributed by atoms with Gasteiger partial charge in [-0.1, -0.05) is 27.7 Å². The Morgan fingerprint density at radius 2 is 2.33 bits per heavy atom. The summed E-state index contributed by atoms with van der Waals surface area (Å²) in [5, 5.41) is 3.50. The smallest absolute Gasteiger partial charge is 0.241 e. The molecule has 1 rings (SSSR count). The molecule has 0 aromatic carbocycles. The highest BCUT2D eigenvalue weighted by molar-refractivity contribution is 14.1. The van der Waals surface area contributed by atoms with Gasteiger partial charge in [-0.2, -0.15) is 4.98 Å². The van der Waals surface area contributed by atoms with Crippen LogP contribution in [0.1, 0.15) is 19.7 Å². The van der Waals surface area contributed by atoms with Crippen molar-refractivity contribution in [3.8, 4) is 0 Å². The lowest BCUT2D eigenvalue weighted by Gasteiger charge is -2.07. The van der Waals surface area contributed by atoms with Crippen molar-refractivity contribution >= 4 is 22.6 Å². The van der Waals surface area contributed by atoms with Gasteiger partial charge in [-0.25, -0.2) is 0 Å². The predicted molar refractivity (Wildman–Crippen MR) is 41.3 cm³/mol. The molecule has 50 valence electrons. The second-order valence-electron chi connectivity index (χ2n) is 2.22. The third-order valence-corrected chi connectivity index (χ3v) is 1.33. The minimum absolute atomic E-state index is 0.0474. The maximum absolute atomic E-state index is 4.83. The highest BCUT2D eigenvalue weighted by Gasteiger charge is 2.21. The molecule has 9 heavy (non-hydrogen) atoms. The molecule has 0 N–H and O–H groups in total. The summed E-state index contributed by atoms with van der Waals surface area (Å²) in [6.07, 6.45) is 1.41. The Morgan fingerprint density at radius 3 is 2.56 bits per heavy atom. The monoisotopic (exact) mass is 238 g/mol. The molecular formula is C5H7IN2O. The van der Waals surface area contributed by atoms with Crippen molar-refractivity contribution in [3.05, 3.63) is 12.2 Å². The van der Waals surface area contributed by atoms with Crippen LogP contribution >= 0.6 is 22.6 Å². The van der Waals surface area contributed by atoms with E-state index in [4.69, 9.17) is 4.52 Å². The molecule has 0 fully saturated rings. The Morgan fingerprint density at radius 1 is 1.67 bits per heavy atom. The van der Waals surface area contributed by atoms with Crippen LogP contribution in [0.4, 0.5) is 0 Å². The van der Waals surface area contributed by atoms with Crippen molar-refractivity contribution < 1.29 is 4.52 Å². The number of hydrogen-bond acceptors (Lipinski definition) is 3. The van der Waals surface area contributed by atoms with Crippen LogP contribution in [-0.2, 0) is 3.42 Å².